The van der Waals surface area contributed by atoms with Crippen molar-refractivity contribution < 1.29 is 30.3 Å². The Morgan fingerprint density at radius 3 is 2.27 bits per heavy atom. The molecule has 7 heteroatoms. The first kappa shape index (κ1) is 22.4. The number of aliphatic hydroxyl groups excluding tert-OH is 4. The van der Waals surface area contributed by atoms with Gasteiger partial charge < -0.3 is 30.3 Å². The van der Waals surface area contributed by atoms with Crippen LogP contribution in [0.5, 0.6) is 0 Å². The van der Waals surface area contributed by atoms with Crippen LogP contribution in [0, 0.1) is 18.3 Å². The van der Waals surface area contributed by atoms with Gasteiger partial charge in [0.15, 0.2) is 0 Å². The van der Waals surface area contributed by atoms with Crippen molar-refractivity contribution >= 4 is 0 Å². The Bertz CT molecular complexity index is 936. The van der Waals surface area contributed by atoms with Crippen LogP contribution in [0.1, 0.15) is 40.3 Å². The number of rotatable bonds is 5. The van der Waals surface area contributed by atoms with E-state index in [9.17, 15) is 30.8 Å². The molecule has 0 aliphatic carbocycles. The second kappa shape index (κ2) is 8.82. The van der Waals surface area contributed by atoms with Crippen LogP contribution in [-0.4, -0.2) is 56.6 Å². The highest BCUT2D eigenvalue weighted by molar-refractivity contribution is 5.48. The molecule has 2 aromatic rings. The number of nitrogens with zero attached hydrogens (tertiary/aromatic N) is 1. The zero-order chi connectivity index (χ0) is 22.1. The van der Waals surface area contributed by atoms with Gasteiger partial charge in [0.2, 0.25) is 5.79 Å². The lowest BCUT2D eigenvalue weighted by Gasteiger charge is -2.45. The molecule has 0 unspecified atom stereocenters. The summed E-state index contributed by atoms with van der Waals surface area (Å²) in [5.74, 6) is -2.47. The topological polar surface area (TPSA) is 134 Å². The van der Waals surface area contributed by atoms with E-state index in [0.717, 1.165) is 23.1 Å². The number of ether oxygens (including phenoxy) is 1. The van der Waals surface area contributed by atoms with Gasteiger partial charge in [0, 0.05) is 5.56 Å². The molecule has 0 aromatic heterocycles. The largest absolute Gasteiger partial charge is 0.394 e. The molecule has 5 N–H and O–H groups in total. The maximum absolute atomic E-state index is 11.2. The number of aryl methyl sites for hydroxylation is 2. The predicted molar refractivity (Wildman–Crippen MR) is 108 cm³/mol. The van der Waals surface area contributed by atoms with Crippen LogP contribution in [0.4, 0.5) is 0 Å². The second-order valence-electron chi connectivity index (χ2n) is 7.74. The average molecular weight is 413 g/mol. The normalized spacial score (nSPS) is 28.9. The standard InChI is InChI=1S/C23H27NO6/c1-3-14-4-6-15(7-5-14)9-16-10-18(17(11-24)8-13(16)2)23(29)22(28)21(27)20(26)19(12-25)30-23/h4-8,10,19-22,25-29H,3,9,12H2,1-2H3/t19-,20-,21+,22-,23-/m1/s1. The maximum atomic E-state index is 11.2. The van der Waals surface area contributed by atoms with Crippen molar-refractivity contribution in [1.29, 1.82) is 5.26 Å². The summed E-state index contributed by atoms with van der Waals surface area (Å²) in [6.07, 6.45) is -5.14. The lowest BCUT2D eigenvalue weighted by atomic mass is 9.84. The molecule has 1 saturated heterocycles. The lowest BCUT2D eigenvalue weighted by molar-refractivity contribution is -0.357. The zero-order valence-electron chi connectivity index (χ0n) is 17.0. The zero-order valence-corrected chi connectivity index (χ0v) is 17.0. The van der Waals surface area contributed by atoms with Gasteiger partial charge >= 0.3 is 0 Å². The van der Waals surface area contributed by atoms with Gasteiger partial charge in [-0.3, -0.25) is 0 Å². The second-order valence-corrected chi connectivity index (χ2v) is 7.74. The lowest BCUT2D eigenvalue weighted by Crippen LogP contribution is -2.63. The van der Waals surface area contributed by atoms with Gasteiger partial charge in [-0.25, -0.2) is 0 Å². The van der Waals surface area contributed by atoms with Crippen LogP contribution in [0.25, 0.3) is 0 Å². The van der Waals surface area contributed by atoms with E-state index in [1.54, 1.807) is 12.1 Å². The Morgan fingerprint density at radius 2 is 1.70 bits per heavy atom. The van der Waals surface area contributed by atoms with E-state index in [1.807, 2.05) is 37.3 Å². The smallest absolute Gasteiger partial charge is 0.223 e. The van der Waals surface area contributed by atoms with E-state index < -0.39 is 36.8 Å². The molecule has 0 saturated carbocycles. The van der Waals surface area contributed by atoms with Crippen molar-refractivity contribution in [1.82, 2.24) is 0 Å². The molecule has 1 aliphatic rings. The molecule has 1 aliphatic heterocycles. The molecule has 0 amide bonds. The monoisotopic (exact) mass is 413 g/mol. The number of nitriles is 1. The Morgan fingerprint density at radius 1 is 1.07 bits per heavy atom. The van der Waals surface area contributed by atoms with Crippen LogP contribution in [-0.2, 0) is 23.4 Å². The third kappa shape index (κ3) is 3.98. The highest BCUT2D eigenvalue weighted by atomic mass is 16.7. The molecule has 1 fully saturated rings. The van der Waals surface area contributed by atoms with Gasteiger partial charge in [-0.15, -0.1) is 0 Å². The highest BCUT2D eigenvalue weighted by Gasteiger charge is 2.54. The summed E-state index contributed by atoms with van der Waals surface area (Å²) in [6.45, 7) is 3.24. The molecule has 3 rings (SSSR count). The number of hydrogen-bond acceptors (Lipinski definition) is 7. The highest BCUT2D eigenvalue weighted by Crippen LogP contribution is 2.39. The molecule has 1 heterocycles. The Balaban J connectivity index is 2.05. The van der Waals surface area contributed by atoms with Crippen LogP contribution in [0.3, 0.4) is 0 Å². The number of aliphatic hydroxyl groups is 5. The Labute approximate surface area is 175 Å². The third-order valence-electron chi connectivity index (χ3n) is 5.77. The third-order valence-corrected chi connectivity index (χ3v) is 5.77. The SMILES string of the molecule is CCc1ccc(Cc2cc([C@@]3(O)O[C@H](CO)[C@@H](O)[C@H](O)[C@H]3O)c(C#N)cc2C)cc1. The first-order valence-electron chi connectivity index (χ1n) is 9.92. The van der Waals surface area contributed by atoms with Gasteiger partial charge in [-0.1, -0.05) is 31.2 Å². The summed E-state index contributed by atoms with van der Waals surface area (Å²) in [7, 11) is 0. The first-order valence-corrected chi connectivity index (χ1v) is 9.92. The Kier molecular flexibility index (Phi) is 6.58. The summed E-state index contributed by atoms with van der Waals surface area (Å²) in [6, 6.07) is 13.3. The predicted octanol–water partition coefficient (Wildman–Crippen LogP) is 0.639. The summed E-state index contributed by atoms with van der Waals surface area (Å²) >= 11 is 0. The molecule has 0 bridgehead atoms. The number of benzene rings is 2. The first-order chi connectivity index (χ1) is 14.2. The summed E-state index contributed by atoms with van der Waals surface area (Å²) in [4.78, 5) is 0. The summed E-state index contributed by atoms with van der Waals surface area (Å²) in [5.41, 5.74) is 3.92. The quantitative estimate of drug-likeness (QED) is 0.486. The fourth-order valence-electron chi connectivity index (χ4n) is 3.82. The van der Waals surface area contributed by atoms with Gasteiger partial charge in [-0.2, -0.15) is 5.26 Å². The molecule has 2 aromatic carbocycles. The molecule has 30 heavy (non-hydrogen) atoms. The Hall–Kier alpha value is -2.31. The fraction of sp³-hybridized carbons (Fsp3) is 0.435. The van der Waals surface area contributed by atoms with E-state index in [4.69, 9.17) is 4.74 Å². The van der Waals surface area contributed by atoms with Gasteiger partial charge in [0.05, 0.1) is 18.2 Å². The summed E-state index contributed by atoms with van der Waals surface area (Å²) in [5, 5.41) is 60.9. The number of hydrogen-bond donors (Lipinski definition) is 5. The van der Waals surface area contributed by atoms with E-state index in [1.165, 1.54) is 5.56 Å². The molecule has 0 spiro atoms. The van der Waals surface area contributed by atoms with Crippen LogP contribution in [0.15, 0.2) is 36.4 Å². The van der Waals surface area contributed by atoms with E-state index in [2.05, 4.69) is 6.92 Å². The van der Waals surface area contributed by atoms with Gasteiger partial charge in [0.25, 0.3) is 0 Å². The van der Waals surface area contributed by atoms with Crippen LogP contribution < -0.4 is 0 Å². The van der Waals surface area contributed by atoms with Crippen molar-refractivity contribution in [3.05, 3.63) is 69.8 Å². The van der Waals surface area contributed by atoms with Crippen LogP contribution >= 0.6 is 0 Å². The molecular weight excluding hydrogens is 386 g/mol. The minimum atomic E-state index is -2.47. The fourth-order valence-corrected chi connectivity index (χ4v) is 3.82. The van der Waals surface area contributed by atoms with E-state index in [0.29, 0.717) is 6.42 Å². The van der Waals surface area contributed by atoms with Crippen molar-refractivity contribution in [3.8, 4) is 6.07 Å². The van der Waals surface area contributed by atoms with Gasteiger partial charge in [0.1, 0.15) is 24.4 Å². The minimum absolute atomic E-state index is 0.0207. The van der Waals surface area contributed by atoms with E-state index in [-0.39, 0.29) is 11.1 Å². The minimum Gasteiger partial charge on any atom is -0.394 e. The molecule has 7 nitrogen and oxygen atoms in total. The summed E-state index contributed by atoms with van der Waals surface area (Å²) < 4.78 is 5.42. The van der Waals surface area contributed by atoms with Gasteiger partial charge in [-0.05, 0) is 54.2 Å². The van der Waals surface area contributed by atoms with Crippen molar-refractivity contribution in [2.45, 2.75) is 56.9 Å². The van der Waals surface area contributed by atoms with Crippen molar-refractivity contribution in [2.75, 3.05) is 6.61 Å². The molecule has 160 valence electrons. The van der Waals surface area contributed by atoms with Crippen molar-refractivity contribution in [3.63, 3.8) is 0 Å². The van der Waals surface area contributed by atoms with Crippen molar-refractivity contribution in [2.24, 2.45) is 0 Å². The molecule has 0 radical (unpaired) electrons. The van der Waals surface area contributed by atoms with E-state index >= 15 is 0 Å². The molecule has 5 atom stereocenters. The maximum Gasteiger partial charge on any atom is 0.223 e. The average Bonchev–Trinajstić information content (AvgIpc) is 2.76. The van der Waals surface area contributed by atoms with Crippen LogP contribution in [0.2, 0.25) is 0 Å². The molecular formula is C23H27NO6.